The first-order valence-electron chi connectivity index (χ1n) is 7.26. The SMILES string of the molecule is CCCC[C@@](C#N)(/C=C\c1ccccc1)O[Si](C)(C)C. The van der Waals surface area contributed by atoms with E-state index >= 15 is 0 Å². The largest absolute Gasteiger partial charge is 0.397 e. The summed E-state index contributed by atoms with van der Waals surface area (Å²) < 4.78 is 6.19. The summed E-state index contributed by atoms with van der Waals surface area (Å²) in [6.07, 6.45) is 6.76. The quantitative estimate of drug-likeness (QED) is 0.661. The van der Waals surface area contributed by atoms with Crippen molar-refractivity contribution in [1.29, 1.82) is 5.26 Å². The standard InChI is InChI=1S/C17H25NOSi/c1-5-6-13-17(15-18,19-20(2,3)4)14-12-16-10-8-7-9-11-16/h7-12,14H,5-6,13H2,1-4H3/b14-12-/t17-/m0/s1. The van der Waals surface area contributed by atoms with Crippen molar-refractivity contribution in [2.24, 2.45) is 0 Å². The molecule has 2 nitrogen and oxygen atoms in total. The van der Waals surface area contributed by atoms with Crippen LogP contribution in [0.1, 0.15) is 31.7 Å². The zero-order chi connectivity index (χ0) is 15.1. The summed E-state index contributed by atoms with van der Waals surface area (Å²) in [4.78, 5) is 0. The third-order valence-corrected chi connectivity index (χ3v) is 3.90. The van der Waals surface area contributed by atoms with Crippen LogP contribution in [0.4, 0.5) is 0 Å². The molecule has 1 rings (SSSR count). The van der Waals surface area contributed by atoms with Crippen molar-refractivity contribution in [1.82, 2.24) is 0 Å². The minimum absolute atomic E-state index is 0.758. The molecule has 0 unspecified atom stereocenters. The topological polar surface area (TPSA) is 33.0 Å². The van der Waals surface area contributed by atoms with E-state index in [4.69, 9.17) is 4.43 Å². The van der Waals surface area contributed by atoms with Crippen LogP contribution in [-0.2, 0) is 4.43 Å². The number of benzene rings is 1. The maximum Gasteiger partial charge on any atom is 0.186 e. The second-order valence-corrected chi connectivity index (χ2v) is 10.5. The highest BCUT2D eigenvalue weighted by atomic mass is 28.4. The Morgan fingerprint density at radius 3 is 2.40 bits per heavy atom. The van der Waals surface area contributed by atoms with Gasteiger partial charge >= 0.3 is 0 Å². The third-order valence-electron chi connectivity index (χ3n) is 2.92. The van der Waals surface area contributed by atoms with Crippen molar-refractivity contribution >= 4 is 14.4 Å². The van der Waals surface area contributed by atoms with Gasteiger partial charge in [0, 0.05) is 0 Å². The lowest BCUT2D eigenvalue weighted by Gasteiger charge is -2.31. The van der Waals surface area contributed by atoms with E-state index in [1.807, 2.05) is 42.5 Å². The molecule has 0 saturated heterocycles. The Morgan fingerprint density at radius 1 is 1.25 bits per heavy atom. The van der Waals surface area contributed by atoms with Crippen LogP contribution in [0.5, 0.6) is 0 Å². The van der Waals surface area contributed by atoms with Gasteiger partial charge in [-0.1, -0.05) is 49.8 Å². The van der Waals surface area contributed by atoms with Gasteiger partial charge in [0.05, 0.1) is 0 Å². The Morgan fingerprint density at radius 2 is 1.90 bits per heavy atom. The molecule has 1 aromatic rings. The van der Waals surface area contributed by atoms with Crippen LogP contribution in [0.3, 0.4) is 0 Å². The highest BCUT2D eigenvalue weighted by Crippen LogP contribution is 2.26. The van der Waals surface area contributed by atoms with Gasteiger partial charge in [-0.2, -0.15) is 5.26 Å². The molecule has 3 heteroatoms. The van der Waals surface area contributed by atoms with Gasteiger partial charge in [-0.25, -0.2) is 0 Å². The summed E-state index contributed by atoms with van der Waals surface area (Å²) in [5.74, 6) is 0. The lowest BCUT2D eigenvalue weighted by Crippen LogP contribution is -2.40. The van der Waals surface area contributed by atoms with Gasteiger partial charge in [0.1, 0.15) is 6.07 Å². The molecule has 0 radical (unpaired) electrons. The van der Waals surface area contributed by atoms with E-state index in [2.05, 4.69) is 32.6 Å². The summed E-state index contributed by atoms with van der Waals surface area (Å²) in [5.41, 5.74) is 0.318. The maximum absolute atomic E-state index is 9.64. The predicted octanol–water partition coefficient (Wildman–Crippen LogP) is 5.00. The number of rotatable bonds is 7. The van der Waals surface area contributed by atoms with Crippen molar-refractivity contribution in [2.75, 3.05) is 0 Å². The van der Waals surface area contributed by atoms with E-state index in [9.17, 15) is 5.26 Å². The van der Waals surface area contributed by atoms with E-state index in [1.165, 1.54) is 0 Å². The molecule has 0 aliphatic heterocycles. The van der Waals surface area contributed by atoms with Gasteiger partial charge in [0.2, 0.25) is 0 Å². The van der Waals surface area contributed by atoms with Gasteiger partial charge in [-0.3, -0.25) is 0 Å². The summed E-state index contributed by atoms with van der Waals surface area (Å²) in [7, 11) is -1.78. The molecule has 0 aromatic heterocycles. The molecule has 0 aliphatic carbocycles. The third kappa shape index (κ3) is 5.73. The average Bonchev–Trinajstić information content (AvgIpc) is 2.42. The molecular weight excluding hydrogens is 262 g/mol. The summed E-state index contributed by atoms with van der Waals surface area (Å²) >= 11 is 0. The number of hydrogen-bond donors (Lipinski definition) is 0. The number of nitriles is 1. The molecule has 0 amide bonds. The van der Waals surface area contributed by atoms with Crippen LogP contribution in [0.2, 0.25) is 19.6 Å². The molecule has 0 saturated carbocycles. The fraction of sp³-hybridized carbons (Fsp3) is 0.471. The number of unbranched alkanes of at least 4 members (excludes halogenated alkanes) is 1. The van der Waals surface area contributed by atoms with Crippen molar-refractivity contribution in [3.8, 4) is 6.07 Å². The molecule has 0 fully saturated rings. The molecule has 1 aromatic carbocycles. The molecule has 108 valence electrons. The maximum atomic E-state index is 9.64. The van der Waals surface area contributed by atoms with Crippen LogP contribution >= 0.6 is 0 Å². The molecule has 0 aliphatic rings. The first-order chi connectivity index (χ1) is 9.41. The Labute approximate surface area is 124 Å². The Balaban J connectivity index is 2.97. The van der Waals surface area contributed by atoms with Gasteiger partial charge in [0.15, 0.2) is 13.9 Å². The van der Waals surface area contributed by atoms with Gasteiger partial charge in [-0.05, 0) is 44.1 Å². The van der Waals surface area contributed by atoms with Crippen molar-refractivity contribution in [2.45, 2.75) is 51.4 Å². The fourth-order valence-electron chi connectivity index (χ4n) is 2.07. The average molecular weight is 287 g/mol. The second-order valence-electron chi connectivity index (χ2n) is 6.06. The zero-order valence-electron chi connectivity index (χ0n) is 13.0. The van der Waals surface area contributed by atoms with Crippen LogP contribution in [-0.4, -0.2) is 13.9 Å². The predicted molar refractivity (Wildman–Crippen MR) is 87.8 cm³/mol. The lowest BCUT2D eigenvalue weighted by atomic mass is 9.97. The number of nitrogens with zero attached hydrogens (tertiary/aromatic N) is 1. The van der Waals surface area contributed by atoms with Crippen molar-refractivity contribution < 1.29 is 4.43 Å². The smallest absolute Gasteiger partial charge is 0.186 e. The van der Waals surface area contributed by atoms with Gasteiger partial charge in [0.25, 0.3) is 0 Å². The highest BCUT2D eigenvalue weighted by Gasteiger charge is 2.33. The van der Waals surface area contributed by atoms with E-state index in [0.29, 0.717) is 0 Å². The van der Waals surface area contributed by atoms with E-state index in [-0.39, 0.29) is 0 Å². The summed E-state index contributed by atoms with van der Waals surface area (Å²) in [6, 6.07) is 12.5. The number of hydrogen-bond acceptors (Lipinski definition) is 2. The van der Waals surface area contributed by atoms with E-state index < -0.39 is 13.9 Å². The Kier molecular flexibility index (Phi) is 6.19. The Hall–Kier alpha value is -1.37. The van der Waals surface area contributed by atoms with Crippen molar-refractivity contribution in [3.05, 3.63) is 42.0 Å². The monoisotopic (exact) mass is 287 g/mol. The van der Waals surface area contributed by atoms with E-state index in [1.54, 1.807) is 0 Å². The fourth-order valence-corrected chi connectivity index (χ4v) is 3.37. The molecule has 0 spiro atoms. The molecule has 0 N–H and O–H groups in total. The van der Waals surface area contributed by atoms with Crippen LogP contribution < -0.4 is 0 Å². The molecule has 1 atom stereocenters. The van der Waals surface area contributed by atoms with Gasteiger partial charge in [-0.15, -0.1) is 0 Å². The normalized spacial score (nSPS) is 14.9. The first-order valence-corrected chi connectivity index (χ1v) is 10.7. The minimum Gasteiger partial charge on any atom is -0.397 e. The summed E-state index contributed by atoms with van der Waals surface area (Å²) in [6.45, 7) is 8.52. The van der Waals surface area contributed by atoms with Crippen LogP contribution in [0.15, 0.2) is 36.4 Å². The molecule has 20 heavy (non-hydrogen) atoms. The van der Waals surface area contributed by atoms with Crippen LogP contribution in [0.25, 0.3) is 6.08 Å². The Bertz CT molecular complexity index is 470. The van der Waals surface area contributed by atoms with Gasteiger partial charge < -0.3 is 4.43 Å². The zero-order valence-corrected chi connectivity index (χ0v) is 14.0. The minimum atomic E-state index is -1.78. The first kappa shape index (κ1) is 16.7. The van der Waals surface area contributed by atoms with Crippen molar-refractivity contribution in [3.63, 3.8) is 0 Å². The van der Waals surface area contributed by atoms with Crippen LogP contribution in [0, 0.1) is 11.3 Å². The summed E-state index contributed by atoms with van der Waals surface area (Å²) in [5, 5.41) is 9.64. The molecular formula is C17H25NOSi. The van der Waals surface area contributed by atoms with E-state index in [0.717, 1.165) is 24.8 Å². The second kappa shape index (κ2) is 7.42. The molecule has 0 bridgehead atoms. The lowest BCUT2D eigenvalue weighted by molar-refractivity contribution is 0.158. The molecule has 0 heterocycles. The highest BCUT2D eigenvalue weighted by molar-refractivity contribution is 6.69.